The number of Topliss-reactive ketones (excluding diaryl/α,β-unsaturated/α-hetero) is 1. The molecule has 0 bridgehead atoms. The van der Waals surface area contributed by atoms with Crippen molar-refractivity contribution in [1.82, 2.24) is 14.8 Å². The fourth-order valence-corrected chi connectivity index (χ4v) is 3.77. The van der Waals surface area contributed by atoms with Gasteiger partial charge >= 0.3 is 0 Å². The van der Waals surface area contributed by atoms with E-state index in [1.807, 2.05) is 0 Å². The Hall–Kier alpha value is -1.04. The summed E-state index contributed by atoms with van der Waals surface area (Å²) in [5.74, 6) is 2.03. The van der Waals surface area contributed by atoms with Gasteiger partial charge in [0.15, 0.2) is 10.9 Å². The highest BCUT2D eigenvalue weighted by atomic mass is 35.5. The number of carbonyl (C=O) groups excluding carboxylic acids is 1. The monoisotopic (exact) mass is 367 g/mol. The molecular weight excluding hydrogens is 353 g/mol. The Kier molecular flexibility index (Phi) is 4.12. The minimum absolute atomic E-state index is 0.0203. The summed E-state index contributed by atoms with van der Waals surface area (Å²) in [6.07, 6.45) is 4.79. The van der Waals surface area contributed by atoms with Crippen molar-refractivity contribution in [2.75, 3.05) is 5.75 Å². The lowest BCUT2D eigenvalue weighted by Gasteiger charge is -2.08. The summed E-state index contributed by atoms with van der Waals surface area (Å²) >= 11 is 13.3. The third-order valence-corrected chi connectivity index (χ3v) is 5.80. The normalized spacial score (nSPS) is 17.5. The van der Waals surface area contributed by atoms with Gasteiger partial charge in [0.25, 0.3) is 0 Å². The highest BCUT2D eigenvalue weighted by Gasteiger charge is 2.36. The second-order valence-corrected chi connectivity index (χ2v) is 7.81. The van der Waals surface area contributed by atoms with Crippen molar-refractivity contribution in [2.24, 2.45) is 0 Å². The number of benzene rings is 1. The van der Waals surface area contributed by atoms with Crippen LogP contribution in [0.1, 0.15) is 53.8 Å². The molecule has 0 atom stereocenters. The van der Waals surface area contributed by atoms with E-state index in [4.69, 9.17) is 23.2 Å². The molecule has 2 saturated carbocycles. The zero-order valence-corrected chi connectivity index (χ0v) is 14.7. The van der Waals surface area contributed by atoms with Gasteiger partial charge in [0, 0.05) is 17.5 Å². The molecule has 2 aliphatic carbocycles. The molecule has 0 radical (unpaired) electrons. The van der Waals surface area contributed by atoms with Crippen LogP contribution >= 0.6 is 35.0 Å². The summed E-state index contributed by atoms with van der Waals surface area (Å²) in [5, 5.41) is 10.4. The van der Waals surface area contributed by atoms with E-state index in [-0.39, 0.29) is 5.78 Å². The van der Waals surface area contributed by atoms with Crippen LogP contribution in [-0.4, -0.2) is 26.3 Å². The van der Waals surface area contributed by atoms with E-state index >= 15 is 0 Å². The number of hydrogen-bond donors (Lipinski definition) is 0. The molecule has 1 heterocycles. The SMILES string of the molecule is O=C(CSc1nnc(C2CC2)n1C1CC1)c1ccc(Cl)c(Cl)c1. The van der Waals surface area contributed by atoms with Gasteiger partial charge in [-0.2, -0.15) is 0 Å². The predicted molar refractivity (Wildman–Crippen MR) is 91.8 cm³/mol. The van der Waals surface area contributed by atoms with Crippen LogP contribution in [-0.2, 0) is 0 Å². The Labute approximate surface area is 148 Å². The number of ketones is 1. The first-order valence-electron chi connectivity index (χ1n) is 7.69. The molecule has 1 aromatic heterocycles. The van der Waals surface area contributed by atoms with E-state index in [9.17, 15) is 4.79 Å². The van der Waals surface area contributed by atoms with E-state index in [1.165, 1.54) is 37.4 Å². The molecule has 2 aromatic rings. The molecule has 23 heavy (non-hydrogen) atoms. The number of hydrogen-bond acceptors (Lipinski definition) is 4. The number of aromatic nitrogens is 3. The van der Waals surface area contributed by atoms with Crippen molar-refractivity contribution in [3.63, 3.8) is 0 Å². The third-order valence-electron chi connectivity index (χ3n) is 4.12. The standard InChI is InChI=1S/C16H15Cl2N3OS/c17-12-6-3-10(7-13(12)18)14(22)8-23-16-20-19-15(9-1-2-9)21(16)11-4-5-11/h3,6-7,9,11H,1-2,4-5,8H2. The average molecular weight is 368 g/mol. The Morgan fingerprint density at radius 2 is 1.96 bits per heavy atom. The van der Waals surface area contributed by atoms with Gasteiger partial charge in [0.2, 0.25) is 0 Å². The maximum absolute atomic E-state index is 12.4. The quantitative estimate of drug-likeness (QED) is 0.544. The molecule has 0 N–H and O–H groups in total. The van der Waals surface area contributed by atoms with Crippen LogP contribution in [0.3, 0.4) is 0 Å². The summed E-state index contributed by atoms with van der Waals surface area (Å²) in [6.45, 7) is 0. The van der Waals surface area contributed by atoms with E-state index in [0.29, 0.717) is 33.3 Å². The summed E-state index contributed by atoms with van der Waals surface area (Å²) in [4.78, 5) is 12.4. The second kappa shape index (κ2) is 6.11. The summed E-state index contributed by atoms with van der Waals surface area (Å²) in [5.41, 5.74) is 0.576. The lowest BCUT2D eigenvalue weighted by atomic mass is 10.1. The molecule has 7 heteroatoms. The molecule has 4 nitrogen and oxygen atoms in total. The Morgan fingerprint density at radius 3 is 2.61 bits per heavy atom. The molecule has 0 saturated heterocycles. The summed E-state index contributed by atoms with van der Waals surface area (Å²) in [6, 6.07) is 5.51. The van der Waals surface area contributed by atoms with Crippen molar-refractivity contribution in [3.8, 4) is 0 Å². The van der Waals surface area contributed by atoms with Crippen molar-refractivity contribution < 1.29 is 4.79 Å². The molecule has 0 unspecified atom stereocenters. The first-order chi connectivity index (χ1) is 11.1. The topological polar surface area (TPSA) is 47.8 Å². The molecule has 0 aliphatic heterocycles. The number of nitrogens with zero attached hydrogens (tertiary/aromatic N) is 3. The van der Waals surface area contributed by atoms with Crippen molar-refractivity contribution in [1.29, 1.82) is 0 Å². The fraction of sp³-hybridized carbons (Fsp3) is 0.438. The van der Waals surface area contributed by atoms with Gasteiger partial charge in [-0.1, -0.05) is 35.0 Å². The maximum Gasteiger partial charge on any atom is 0.191 e. The molecule has 2 fully saturated rings. The minimum atomic E-state index is 0.0203. The first-order valence-corrected chi connectivity index (χ1v) is 9.43. The van der Waals surface area contributed by atoms with Crippen LogP contribution in [0, 0.1) is 0 Å². The van der Waals surface area contributed by atoms with E-state index < -0.39 is 0 Å². The molecule has 0 amide bonds. The van der Waals surface area contributed by atoms with E-state index in [0.717, 1.165) is 11.0 Å². The second-order valence-electron chi connectivity index (χ2n) is 6.06. The predicted octanol–water partition coefficient (Wildman–Crippen LogP) is 4.77. The smallest absolute Gasteiger partial charge is 0.191 e. The molecule has 4 rings (SSSR count). The Balaban J connectivity index is 1.48. The van der Waals surface area contributed by atoms with Gasteiger partial charge in [0.05, 0.1) is 15.8 Å². The maximum atomic E-state index is 12.4. The van der Waals surface area contributed by atoms with Crippen LogP contribution < -0.4 is 0 Å². The van der Waals surface area contributed by atoms with Gasteiger partial charge < -0.3 is 4.57 Å². The van der Waals surface area contributed by atoms with Crippen molar-refractivity contribution >= 4 is 40.7 Å². The lowest BCUT2D eigenvalue weighted by Crippen LogP contribution is -2.06. The number of thioether (sulfide) groups is 1. The molecular formula is C16H15Cl2N3OS. The molecule has 0 spiro atoms. The van der Waals surface area contributed by atoms with Crippen molar-refractivity contribution in [3.05, 3.63) is 39.6 Å². The zero-order chi connectivity index (χ0) is 16.0. The van der Waals surface area contributed by atoms with Gasteiger partial charge in [-0.3, -0.25) is 4.79 Å². The summed E-state index contributed by atoms with van der Waals surface area (Å²) in [7, 11) is 0. The highest BCUT2D eigenvalue weighted by molar-refractivity contribution is 7.99. The highest BCUT2D eigenvalue weighted by Crippen LogP contribution is 2.46. The number of rotatable bonds is 6. The van der Waals surface area contributed by atoms with Crippen LogP contribution in [0.25, 0.3) is 0 Å². The van der Waals surface area contributed by atoms with Crippen LogP contribution in [0.15, 0.2) is 23.4 Å². The van der Waals surface area contributed by atoms with Gasteiger partial charge in [-0.05, 0) is 43.9 Å². The summed E-state index contributed by atoms with van der Waals surface area (Å²) < 4.78 is 2.25. The van der Waals surface area contributed by atoms with E-state index in [2.05, 4.69) is 14.8 Å². The molecule has 120 valence electrons. The van der Waals surface area contributed by atoms with Crippen LogP contribution in [0.5, 0.6) is 0 Å². The first kappa shape index (κ1) is 15.5. The molecule has 2 aliphatic rings. The van der Waals surface area contributed by atoms with Gasteiger partial charge in [-0.25, -0.2) is 0 Å². The lowest BCUT2D eigenvalue weighted by molar-refractivity contribution is 0.102. The van der Waals surface area contributed by atoms with Crippen LogP contribution in [0.4, 0.5) is 0 Å². The van der Waals surface area contributed by atoms with Crippen LogP contribution in [0.2, 0.25) is 10.0 Å². The number of halogens is 2. The van der Waals surface area contributed by atoms with Gasteiger partial charge in [0.1, 0.15) is 5.82 Å². The average Bonchev–Trinajstić information content (AvgIpc) is 3.46. The third kappa shape index (κ3) is 3.28. The Morgan fingerprint density at radius 1 is 1.17 bits per heavy atom. The zero-order valence-electron chi connectivity index (χ0n) is 12.3. The van der Waals surface area contributed by atoms with Gasteiger partial charge in [-0.15, -0.1) is 10.2 Å². The number of carbonyl (C=O) groups is 1. The van der Waals surface area contributed by atoms with E-state index in [1.54, 1.807) is 18.2 Å². The largest absolute Gasteiger partial charge is 0.303 e. The minimum Gasteiger partial charge on any atom is -0.303 e. The molecule has 1 aromatic carbocycles. The Bertz CT molecular complexity index is 769. The fourth-order valence-electron chi connectivity index (χ4n) is 2.57. The van der Waals surface area contributed by atoms with Crippen molar-refractivity contribution in [2.45, 2.75) is 42.8 Å².